The summed E-state index contributed by atoms with van der Waals surface area (Å²) in [6.07, 6.45) is -2.36. The van der Waals surface area contributed by atoms with E-state index >= 15 is 0 Å². The molecular weight excluding hydrogens is 453 g/mol. The number of aliphatic carboxylic acids is 1. The van der Waals surface area contributed by atoms with E-state index in [-0.39, 0.29) is 17.4 Å². The molecule has 2 aliphatic rings. The molecule has 2 N–H and O–H groups in total. The Morgan fingerprint density at radius 2 is 1.79 bits per heavy atom. The summed E-state index contributed by atoms with van der Waals surface area (Å²) in [5.41, 5.74) is -1.37. The Kier molecular flexibility index (Phi) is 6.62. The molecule has 0 atom stereocenters. The smallest absolute Gasteiger partial charge is 0.416 e. The lowest BCUT2D eigenvalue weighted by Crippen LogP contribution is -2.43. The van der Waals surface area contributed by atoms with E-state index in [0.717, 1.165) is 25.0 Å². The third kappa shape index (κ3) is 5.06. The number of anilines is 2. The molecule has 1 aromatic heterocycles. The molecule has 3 heterocycles. The van der Waals surface area contributed by atoms with Gasteiger partial charge in [-0.25, -0.2) is 0 Å². The zero-order valence-electron chi connectivity index (χ0n) is 18.8. The highest BCUT2D eigenvalue weighted by atomic mass is 19.4. The number of carboxylic acid groups (broad SMARTS) is 1. The van der Waals surface area contributed by atoms with Gasteiger partial charge in [0.25, 0.3) is 5.91 Å². The monoisotopic (exact) mass is 480 g/mol. The van der Waals surface area contributed by atoms with Crippen LogP contribution in [0.1, 0.15) is 60.4 Å². The number of hydrogen-bond acceptors (Lipinski definition) is 5. The summed E-state index contributed by atoms with van der Waals surface area (Å²) in [5, 5.41) is 12.0. The minimum absolute atomic E-state index is 0.00256. The van der Waals surface area contributed by atoms with Crippen molar-refractivity contribution >= 4 is 23.3 Å². The molecule has 0 aliphatic carbocycles. The number of carbonyl (C=O) groups is 2. The maximum atomic E-state index is 13.4. The molecule has 0 bridgehead atoms. The molecule has 1 aromatic carbocycles. The molecule has 0 saturated carbocycles. The Hall–Kier alpha value is -3.01. The lowest BCUT2D eigenvalue weighted by atomic mass is 9.80. The minimum atomic E-state index is -4.58. The van der Waals surface area contributed by atoms with E-state index in [9.17, 15) is 27.9 Å². The van der Waals surface area contributed by atoms with Crippen LogP contribution < -0.4 is 10.2 Å². The Labute approximate surface area is 194 Å². The number of piperidine rings is 1. The first-order chi connectivity index (χ1) is 16.1. The predicted molar refractivity (Wildman–Crippen MR) is 118 cm³/mol. The fourth-order valence-electron chi connectivity index (χ4n) is 4.40. The molecule has 4 rings (SSSR count). The van der Waals surface area contributed by atoms with E-state index in [1.165, 1.54) is 12.1 Å². The van der Waals surface area contributed by atoms with Crippen LogP contribution in [-0.2, 0) is 15.7 Å². The number of carbonyl (C=O) groups excluding carboxylic acids is 1. The Balaban J connectivity index is 1.56. The van der Waals surface area contributed by atoms with Crippen molar-refractivity contribution in [1.29, 1.82) is 0 Å². The van der Waals surface area contributed by atoms with Crippen LogP contribution in [-0.4, -0.2) is 43.3 Å². The SMILES string of the molecule is CC1(C(=O)O)CCN(c2ccc(C(F)(F)F)cc2NC(=O)c2ccc(C3CCOCC3)o2)CC1. The Bertz CT molecular complexity index is 1050. The normalized spacial score (nSPS) is 19.1. The van der Waals surface area contributed by atoms with Gasteiger partial charge in [0.2, 0.25) is 0 Å². The van der Waals surface area contributed by atoms with Crippen molar-refractivity contribution in [2.75, 3.05) is 36.5 Å². The summed E-state index contributed by atoms with van der Waals surface area (Å²) in [4.78, 5) is 26.2. The van der Waals surface area contributed by atoms with Crippen LogP contribution in [0.25, 0.3) is 0 Å². The van der Waals surface area contributed by atoms with E-state index in [4.69, 9.17) is 9.15 Å². The minimum Gasteiger partial charge on any atom is -0.481 e. The van der Waals surface area contributed by atoms with E-state index in [1.807, 2.05) is 0 Å². The molecule has 10 heteroatoms. The zero-order chi connectivity index (χ0) is 24.5. The first kappa shape index (κ1) is 24.1. The van der Waals surface area contributed by atoms with Gasteiger partial charge in [-0.15, -0.1) is 0 Å². The number of rotatable bonds is 5. The van der Waals surface area contributed by atoms with Crippen molar-refractivity contribution in [3.05, 3.63) is 47.4 Å². The van der Waals surface area contributed by atoms with Crippen LogP contribution in [0.4, 0.5) is 24.5 Å². The van der Waals surface area contributed by atoms with E-state index in [2.05, 4.69) is 5.32 Å². The molecule has 2 aromatic rings. The molecular formula is C24H27F3N2O5. The number of ether oxygens (including phenoxy) is 1. The van der Waals surface area contributed by atoms with Crippen LogP contribution in [0.2, 0.25) is 0 Å². The third-order valence-corrected chi connectivity index (χ3v) is 6.77. The van der Waals surface area contributed by atoms with Gasteiger partial charge in [0.15, 0.2) is 5.76 Å². The zero-order valence-corrected chi connectivity index (χ0v) is 18.8. The van der Waals surface area contributed by atoms with Crippen molar-refractivity contribution in [2.45, 2.75) is 44.7 Å². The van der Waals surface area contributed by atoms with Gasteiger partial charge in [-0.2, -0.15) is 13.2 Å². The molecule has 34 heavy (non-hydrogen) atoms. The maximum Gasteiger partial charge on any atom is 0.416 e. The fourth-order valence-corrected chi connectivity index (χ4v) is 4.40. The fraction of sp³-hybridized carbons (Fsp3) is 0.500. The lowest BCUT2D eigenvalue weighted by molar-refractivity contribution is -0.149. The molecule has 0 unspecified atom stereocenters. The number of nitrogens with zero attached hydrogens (tertiary/aromatic N) is 1. The predicted octanol–water partition coefficient (Wildman–Crippen LogP) is 5.14. The Morgan fingerprint density at radius 3 is 2.41 bits per heavy atom. The van der Waals surface area contributed by atoms with Gasteiger partial charge in [-0.3, -0.25) is 9.59 Å². The van der Waals surface area contributed by atoms with Crippen molar-refractivity contribution in [3.63, 3.8) is 0 Å². The number of furan rings is 1. The number of alkyl halides is 3. The largest absolute Gasteiger partial charge is 0.481 e. The molecule has 1 amide bonds. The van der Waals surface area contributed by atoms with Crippen LogP contribution >= 0.6 is 0 Å². The van der Waals surface area contributed by atoms with Crippen molar-refractivity contribution in [2.24, 2.45) is 5.41 Å². The van der Waals surface area contributed by atoms with E-state index < -0.39 is 29.0 Å². The summed E-state index contributed by atoms with van der Waals surface area (Å²) in [6, 6.07) is 6.42. The summed E-state index contributed by atoms with van der Waals surface area (Å²) in [5.74, 6) is -0.738. The summed E-state index contributed by atoms with van der Waals surface area (Å²) >= 11 is 0. The van der Waals surface area contributed by atoms with Gasteiger partial charge in [0.05, 0.1) is 22.4 Å². The highest BCUT2D eigenvalue weighted by molar-refractivity contribution is 6.04. The van der Waals surface area contributed by atoms with Crippen LogP contribution in [0.3, 0.4) is 0 Å². The number of halogens is 3. The number of amides is 1. The number of hydrogen-bond donors (Lipinski definition) is 2. The standard InChI is InChI=1S/C24H27F3N2O5/c1-23(22(31)32)8-10-29(11-9-23)18-3-2-16(24(25,26)27)14-17(18)28-21(30)20-5-4-19(34-20)15-6-12-33-13-7-15/h2-5,14-15H,6-13H2,1H3,(H,28,30)(H,31,32). The average Bonchev–Trinajstić information content (AvgIpc) is 3.30. The summed E-state index contributed by atoms with van der Waals surface area (Å²) in [7, 11) is 0. The maximum absolute atomic E-state index is 13.4. The topological polar surface area (TPSA) is 92.0 Å². The lowest BCUT2D eigenvalue weighted by Gasteiger charge is -2.38. The number of carboxylic acids is 1. The van der Waals surface area contributed by atoms with Crippen molar-refractivity contribution in [3.8, 4) is 0 Å². The molecule has 184 valence electrons. The second-order valence-corrected chi connectivity index (χ2v) is 9.13. The van der Waals surface area contributed by atoms with Gasteiger partial charge < -0.3 is 24.5 Å². The van der Waals surface area contributed by atoms with Crippen molar-refractivity contribution < 1.29 is 37.0 Å². The van der Waals surface area contributed by atoms with Crippen LogP contribution in [0.5, 0.6) is 0 Å². The molecule has 2 aliphatic heterocycles. The van der Waals surface area contributed by atoms with E-state index in [0.29, 0.717) is 50.6 Å². The third-order valence-electron chi connectivity index (χ3n) is 6.77. The quantitative estimate of drug-likeness (QED) is 0.616. The summed E-state index contributed by atoms with van der Waals surface area (Å²) < 4.78 is 51.2. The molecule has 0 radical (unpaired) electrons. The highest BCUT2D eigenvalue weighted by Gasteiger charge is 2.38. The number of benzene rings is 1. The van der Waals surface area contributed by atoms with Crippen LogP contribution in [0.15, 0.2) is 34.7 Å². The second-order valence-electron chi connectivity index (χ2n) is 9.13. The van der Waals surface area contributed by atoms with Gasteiger partial charge in [0.1, 0.15) is 5.76 Å². The van der Waals surface area contributed by atoms with Gasteiger partial charge in [-0.05, 0) is 62.9 Å². The molecule has 0 spiro atoms. The molecule has 2 saturated heterocycles. The first-order valence-electron chi connectivity index (χ1n) is 11.3. The number of nitrogens with one attached hydrogen (secondary N) is 1. The first-order valence-corrected chi connectivity index (χ1v) is 11.3. The molecule has 7 nitrogen and oxygen atoms in total. The van der Waals surface area contributed by atoms with Crippen LogP contribution in [0, 0.1) is 5.41 Å². The second kappa shape index (κ2) is 9.32. The van der Waals surface area contributed by atoms with Gasteiger partial charge in [0, 0.05) is 32.2 Å². The van der Waals surface area contributed by atoms with E-state index in [1.54, 1.807) is 17.9 Å². The Morgan fingerprint density at radius 1 is 1.12 bits per heavy atom. The van der Waals surface area contributed by atoms with Gasteiger partial charge in [-0.1, -0.05) is 0 Å². The van der Waals surface area contributed by atoms with Crippen molar-refractivity contribution in [1.82, 2.24) is 0 Å². The average molecular weight is 480 g/mol. The van der Waals surface area contributed by atoms with Gasteiger partial charge >= 0.3 is 12.1 Å². The molecule has 2 fully saturated rings. The highest BCUT2D eigenvalue weighted by Crippen LogP contribution is 2.39. The summed E-state index contributed by atoms with van der Waals surface area (Å²) in [6.45, 7) is 3.56.